The van der Waals surface area contributed by atoms with Crippen molar-refractivity contribution in [2.75, 3.05) is 40.3 Å². The lowest BCUT2D eigenvalue weighted by atomic mass is 10.1. The van der Waals surface area contributed by atoms with Gasteiger partial charge in [-0.25, -0.2) is 9.79 Å². The molecule has 3 rings (SSSR count). The normalized spacial score (nSPS) is 11.9. The number of hydrogen-bond acceptors (Lipinski definition) is 10. The number of nitrogens with zero attached hydrogens (tertiary/aromatic N) is 4. The number of thioether (sulfide) groups is 1. The second kappa shape index (κ2) is 13.4. The van der Waals surface area contributed by atoms with Gasteiger partial charge in [-0.3, -0.25) is 0 Å². The van der Waals surface area contributed by atoms with E-state index in [9.17, 15) is 4.79 Å². The van der Waals surface area contributed by atoms with Gasteiger partial charge >= 0.3 is 6.09 Å². The van der Waals surface area contributed by atoms with Gasteiger partial charge in [0.05, 0.1) is 26.0 Å². The maximum Gasteiger partial charge on any atom is 0.434 e. The molecule has 0 aliphatic rings. The van der Waals surface area contributed by atoms with Crippen LogP contribution in [-0.4, -0.2) is 67.3 Å². The van der Waals surface area contributed by atoms with Gasteiger partial charge in [-0.2, -0.15) is 9.98 Å². The predicted octanol–water partition coefficient (Wildman–Crippen LogP) is 5.12. The highest BCUT2D eigenvalue weighted by atomic mass is 32.2. The van der Waals surface area contributed by atoms with Crippen LogP contribution in [-0.2, 0) is 9.47 Å². The van der Waals surface area contributed by atoms with Gasteiger partial charge < -0.3 is 23.5 Å². The lowest BCUT2D eigenvalue weighted by Crippen LogP contribution is -2.15. The van der Waals surface area contributed by atoms with Crippen LogP contribution in [0.5, 0.6) is 11.5 Å². The predicted molar refractivity (Wildman–Crippen MR) is 139 cm³/mol. The Labute approximate surface area is 213 Å². The molecule has 0 radical (unpaired) electrons. The number of benzene rings is 2. The van der Waals surface area contributed by atoms with E-state index in [1.807, 2.05) is 49.6 Å². The van der Waals surface area contributed by atoms with E-state index in [0.29, 0.717) is 65.0 Å². The number of ether oxygens (including phenoxy) is 4. The monoisotopic (exact) mass is 512 g/mol. The summed E-state index contributed by atoms with van der Waals surface area (Å²) in [4.78, 5) is 25.1. The Bertz CT molecular complexity index is 1220. The standard InChI is InChI=1S/C25H28N4O6S/c1-6-33-21-15-18(9-12-20(21)34-14-13-31-3)22(24(36-5)28-25(30)32-4)27-19-10-7-17(8-11-19)23-26-16(2)35-29-23/h7-12,15H,6,13-14H2,1-5H3. The summed E-state index contributed by atoms with van der Waals surface area (Å²) in [6.07, 6.45) is 1.09. The lowest BCUT2D eigenvalue weighted by molar-refractivity contribution is 0.143. The van der Waals surface area contributed by atoms with Gasteiger partial charge in [0, 0.05) is 25.2 Å². The smallest absolute Gasteiger partial charge is 0.434 e. The minimum Gasteiger partial charge on any atom is -0.490 e. The number of aromatic nitrogens is 2. The summed E-state index contributed by atoms with van der Waals surface area (Å²) in [5.41, 5.74) is 2.59. The van der Waals surface area contributed by atoms with Crippen LogP contribution in [0, 0.1) is 6.92 Å². The first-order valence-electron chi connectivity index (χ1n) is 11.1. The molecular formula is C25H28N4O6S. The molecule has 0 saturated carbocycles. The molecular weight excluding hydrogens is 484 g/mol. The Hall–Kier alpha value is -3.70. The first-order valence-corrected chi connectivity index (χ1v) is 12.3. The van der Waals surface area contributed by atoms with Gasteiger partial charge in [-0.15, -0.1) is 11.8 Å². The van der Waals surface area contributed by atoms with E-state index in [-0.39, 0.29) is 0 Å². The Morgan fingerprint density at radius 3 is 2.44 bits per heavy atom. The van der Waals surface area contributed by atoms with Crippen LogP contribution in [0.15, 0.2) is 57.0 Å². The zero-order chi connectivity index (χ0) is 25.9. The van der Waals surface area contributed by atoms with Crippen molar-refractivity contribution in [2.24, 2.45) is 9.98 Å². The minimum absolute atomic E-state index is 0.378. The summed E-state index contributed by atoms with van der Waals surface area (Å²) in [5.74, 6) is 2.09. The third-order valence-electron chi connectivity index (χ3n) is 4.72. The molecule has 0 unspecified atom stereocenters. The average molecular weight is 513 g/mol. The van der Waals surface area contributed by atoms with Crippen LogP contribution >= 0.6 is 11.8 Å². The van der Waals surface area contributed by atoms with Crippen LogP contribution < -0.4 is 9.47 Å². The fourth-order valence-corrected chi connectivity index (χ4v) is 3.59. The van der Waals surface area contributed by atoms with Crippen LogP contribution in [0.25, 0.3) is 11.4 Å². The fraction of sp³-hybridized carbons (Fsp3) is 0.320. The molecule has 0 atom stereocenters. The van der Waals surface area contributed by atoms with Crippen molar-refractivity contribution in [3.63, 3.8) is 0 Å². The van der Waals surface area contributed by atoms with Crippen molar-refractivity contribution in [1.82, 2.24) is 10.1 Å². The molecule has 1 heterocycles. The van der Waals surface area contributed by atoms with Gasteiger partial charge in [-0.05, 0) is 55.6 Å². The maximum atomic E-state index is 12.0. The highest BCUT2D eigenvalue weighted by Crippen LogP contribution is 2.30. The number of hydrogen-bond donors (Lipinski definition) is 0. The van der Waals surface area contributed by atoms with Gasteiger partial charge in [0.25, 0.3) is 0 Å². The summed E-state index contributed by atoms with van der Waals surface area (Å²) in [7, 11) is 2.89. The first kappa shape index (κ1) is 26.9. The molecule has 36 heavy (non-hydrogen) atoms. The van der Waals surface area contributed by atoms with Crippen molar-refractivity contribution < 1.29 is 28.3 Å². The Morgan fingerprint density at radius 2 is 1.83 bits per heavy atom. The number of aryl methyl sites for hydroxylation is 1. The van der Waals surface area contributed by atoms with Crippen LogP contribution in [0.1, 0.15) is 18.4 Å². The maximum absolute atomic E-state index is 12.0. The van der Waals surface area contributed by atoms with E-state index < -0.39 is 6.09 Å². The van der Waals surface area contributed by atoms with E-state index in [0.717, 1.165) is 5.56 Å². The number of methoxy groups -OCH3 is 2. The van der Waals surface area contributed by atoms with Gasteiger partial charge in [-0.1, -0.05) is 5.16 Å². The molecule has 10 nitrogen and oxygen atoms in total. The average Bonchev–Trinajstić information content (AvgIpc) is 3.33. The summed E-state index contributed by atoms with van der Waals surface area (Å²) in [6.45, 7) is 4.89. The third kappa shape index (κ3) is 7.15. The van der Waals surface area contributed by atoms with Crippen LogP contribution in [0.4, 0.5) is 10.5 Å². The molecule has 190 valence electrons. The number of rotatable bonds is 10. The topological polar surface area (TPSA) is 118 Å². The van der Waals surface area contributed by atoms with Crippen molar-refractivity contribution in [2.45, 2.75) is 13.8 Å². The van der Waals surface area contributed by atoms with Crippen molar-refractivity contribution >= 4 is 34.3 Å². The van der Waals surface area contributed by atoms with Crippen molar-refractivity contribution in [1.29, 1.82) is 0 Å². The number of carbonyl (C=O) groups excluding carboxylic acids is 1. The molecule has 1 aromatic heterocycles. The van der Waals surface area contributed by atoms with Crippen molar-refractivity contribution in [3.05, 3.63) is 53.9 Å². The van der Waals surface area contributed by atoms with Gasteiger partial charge in [0.15, 0.2) is 11.5 Å². The quantitative estimate of drug-likeness (QED) is 0.207. The molecule has 2 aromatic carbocycles. The number of aliphatic imine (C=N–C) groups is 2. The summed E-state index contributed by atoms with van der Waals surface area (Å²) in [6, 6.07) is 12.8. The first-order chi connectivity index (χ1) is 17.5. The highest BCUT2D eigenvalue weighted by molar-refractivity contribution is 8.15. The summed E-state index contributed by atoms with van der Waals surface area (Å²) >= 11 is 1.28. The van der Waals surface area contributed by atoms with E-state index >= 15 is 0 Å². The summed E-state index contributed by atoms with van der Waals surface area (Å²) < 4.78 is 26.5. The SMILES string of the molecule is CCOc1cc(C(=Nc2ccc(-c3noc(C)n3)cc2)C(=NC(=O)OC)SC)ccc1OCCOC. The second-order valence-corrected chi connectivity index (χ2v) is 7.97. The van der Waals surface area contributed by atoms with Gasteiger partial charge in [0.2, 0.25) is 11.7 Å². The Kier molecular flexibility index (Phi) is 10.0. The summed E-state index contributed by atoms with van der Waals surface area (Å²) in [5, 5.41) is 4.32. The zero-order valence-corrected chi connectivity index (χ0v) is 21.6. The molecule has 11 heteroatoms. The third-order valence-corrected chi connectivity index (χ3v) is 5.39. The molecule has 0 aliphatic carbocycles. The van der Waals surface area contributed by atoms with Crippen LogP contribution in [0.2, 0.25) is 0 Å². The van der Waals surface area contributed by atoms with E-state index in [1.54, 1.807) is 20.1 Å². The molecule has 0 bridgehead atoms. The number of carbonyl (C=O) groups is 1. The molecule has 0 saturated heterocycles. The van der Waals surface area contributed by atoms with E-state index in [2.05, 4.69) is 15.1 Å². The minimum atomic E-state index is -0.723. The van der Waals surface area contributed by atoms with E-state index in [1.165, 1.54) is 18.9 Å². The molecule has 0 spiro atoms. The Morgan fingerprint density at radius 1 is 1.06 bits per heavy atom. The molecule has 0 N–H and O–H groups in total. The lowest BCUT2D eigenvalue weighted by Gasteiger charge is -2.15. The fourth-order valence-electron chi connectivity index (χ4n) is 3.07. The van der Waals surface area contributed by atoms with E-state index in [4.69, 9.17) is 28.5 Å². The molecule has 3 aromatic rings. The molecule has 0 fully saturated rings. The number of amides is 1. The highest BCUT2D eigenvalue weighted by Gasteiger charge is 2.17. The van der Waals surface area contributed by atoms with Gasteiger partial charge in [0.1, 0.15) is 17.4 Å². The zero-order valence-electron chi connectivity index (χ0n) is 20.8. The molecule has 0 aliphatic heterocycles. The van der Waals surface area contributed by atoms with Crippen LogP contribution in [0.3, 0.4) is 0 Å². The Balaban J connectivity index is 2.05. The van der Waals surface area contributed by atoms with Crippen molar-refractivity contribution in [3.8, 4) is 22.9 Å². The second-order valence-electron chi connectivity index (χ2n) is 7.17. The molecule has 1 amide bonds. The largest absolute Gasteiger partial charge is 0.490 e.